The lowest BCUT2D eigenvalue weighted by Crippen LogP contribution is -2.07. The van der Waals surface area contributed by atoms with Gasteiger partial charge in [-0.1, -0.05) is 29.3 Å². The largest absolute Gasteiger partial charge is 0.377 e. The Labute approximate surface area is 133 Å². The zero-order valence-electron chi connectivity index (χ0n) is 11.8. The van der Waals surface area contributed by atoms with E-state index in [9.17, 15) is 0 Å². The number of methoxy groups -OCH3 is 1. The minimum atomic E-state index is 0.331. The fraction of sp³-hybridized carbons (Fsp3) is 0.286. The minimum Gasteiger partial charge on any atom is -0.377 e. The Morgan fingerprint density at radius 2 is 1.95 bits per heavy atom. The Morgan fingerprint density at radius 1 is 1.19 bits per heavy atom. The van der Waals surface area contributed by atoms with Gasteiger partial charge in [0.25, 0.3) is 0 Å². The number of ether oxygens (including phenoxy) is 1. The van der Waals surface area contributed by atoms with Crippen LogP contribution in [0.4, 0.5) is 17.3 Å². The molecule has 0 unspecified atom stereocenters. The molecule has 2 N–H and O–H groups in total. The quantitative estimate of drug-likeness (QED) is 0.836. The van der Waals surface area contributed by atoms with E-state index in [4.69, 9.17) is 27.9 Å². The lowest BCUT2D eigenvalue weighted by atomic mass is 10.3. The second kappa shape index (κ2) is 7.45. The van der Waals surface area contributed by atoms with Gasteiger partial charge in [0.15, 0.2) is 5.82 Å². The molecule has 0 spiro atoms. The first kappa shape index (κ1) is 15.8. The van der Waals surface area contributed by atoms with Crippen molar-refractivity contribution in [2.75, 3.05) is 24.3 Å². The molecule has 0 aliphatic rings. The molecule has 2 rings (SSSR count). The van der Waals surface area contributed by atoms with Gasteiger partial charge >= 0.3 is 0 Å². The van der Waals surface area contributed by atoms with Crippen LogP contribution in [0.5, 0.6) is 0 Å². The predicted octanol–water partition coefficient (Wildman–Crippen LogP) is 4.11. The lowest BCUT2D eigenvalue weighted by molar-refractivity contribution is 0.178. The number of nitrogens with one attached hydrogen (secondary N) is 2. The zero-order valence-corrected chi connectivity index (χ0v) is 13.3. The van der Waals surface area contributed by atoms with Gasteiger partial charge in [-0.2, -0.15) is 0 Å². The monoisotopic (exact) mass is 326 g/mol. The number of halogens is 2. The van der Waals surface area contributed by atoms with Gasteiger partial charge in [0.05, 0.1) is 15.7 Å². The van der Waals surface area contributed by atoms with Crippen molar-refractivity contribution in [3.8, 4) is 0 Å². The molecule has 21 heavy (non-hydrogen) atoms. The number of rotatable bonds is 6. The first-order chi connectivity index (χ1) is 10.1. The second-order valence-corrected chi connectivity index (χ2v) is 5.03. The van der Waals surface area contributed by atoms with Crippen molar-refractivity contribution < 1.29 is 4.74 Å². The van der Waals surface area contributed by atoms with Crippen LogP contribution in [0.3, 0.4) is 0 Å². The van der Waals surface area contributed by atoms with Crippen molar-refractivity contribution in [3.63, 3.8) is 0 Å². The van der Waals surface area contributed by atoms with E-state index in [-0.39, 0.29) is 0 Å². The molecule has 2 aromatic rings. The first-order valence-electron chi connectivity index (χ1n) is 6.45. The maximum Gasteiger partial charge on any atom is 0.158 e. The van der Waals surface area contributed by atoms with Crippen LogP contribution in [0.2, 0.25) is 10.0 Å². The molecule has 112 valence electrons. The summed E-state index contributed by atoms with van der Waals surface area (Å²) in [5.41, 5.74) is 0.689. The van der Waals surface area contributed by atoms with Gasteiger partial charge in [-0.15, -0.1) is 0 Å². The summed E-state index contributed by atoms with van der Waals surface area (Å²) in [5.74, 6) is 1.92. The van der Waals surface area contributed by atoms with E-state index >= 15 is 0 Å². The van der Waals surface area contributed by atoms with E-state index in [1.165, 1.54) is 0 Å². The molecule has 0 aliphatic heterocycles. The van der Waals surface area contributed by atoms with E-state index in [0.29, 0.717) is 34.0 Å². The molecule has 0 saturated carbocycles. The van der Waals surface area contributed by atoms with Crippen molar-refractivity contribution in [2.24, 2.45) is 0 Å². The van der Waals surface area contributed by atoms with E-state index in [2.05, 4.69) is 20.6 Å². The summed E-state index contributed by atoms with van der Waals surface area (Å²) in [6.45, 7) is 3.09. The molecule has 1 heterocycles. The van der Waals surface area contributed by atoms with Gasteiger partial charge in [-0.3, -0.25) is 0 Å². The Kier molecular flexibility index (Phi) is 5.61. The van der Waals surface area contributed by atoms with Crippen LogP contribution in [-0.4, -0.2) is 23.6 Å². The highest BCUT2D eigenvalue weighted by molar-refractivity contribution is 6.43. The van der Waals surface area contributed by atoms with Crippen LogP contribution in [0, 0.1) is 0 Å². The summed E-state index contributed by atoms with van der Waals surface area (Å²) in [6, 6.07) is 7.19. The maximum absolute atomic E-state index is 6.17. The van der Waals surface area contributed by atoms with Gasteiger partial charge in [-0.05, 0) is 19.1 Å². The molecule has 1 aromatic heterocycles. The number of aromatic nitrogens is 2. The van der Waals surface area contributed by atoms with E-state index in [0.717, 1.165) is 12.4 Å². The van der Waals surface area contributed by atoms with Gasteiger partial charge in [0.2, 0.25) is 0 Å². The summed E-state index contributed by atoms with van der Waals surface area (Å²) in [7, 11) is 1.60. The average Bonchev–Trinajstić information content (AvgIpc) is 2.44. The fourth-order valence-corrected chi connectivity index (χ4v) is 2.11. The zero-order chi connectivity index (χ0) is 15.2. The Morgan fingerprint density at radius 3 is 2.67 bits per heavy atom. The molecule has 7 heteroatoms. The van der Waals surface area contributed by atoms with Crippen LogP contribution in [0.15, 0.2) is 24.3 Å². The first-order valence-corrected chi connectivity index (χ1v) is 7.21. The van der Waals surface area contributed by atoms with Crippen molar-refractivity contribution in [1.82, 2.24) is 9.97 Å². The second-order valence-electron chi connectivity index (χ2n) is 4.24. The Balaban J connectivity index is 2.31. The van der Waals surface area contributed by atoms with E-state index in [1.54, 1.807) is 19.2 Å². The maximum atomic E-state index is 6.17. The number of nitrogens with zero attached hydrogens (tertiary/aromatic N) is 2. The summed E-state index contributed by atoms with van der Waals surface area (Å²) < 4.78 is 5.08. The molecule has 0 saturated heterocycles. The molecular weight excluding hydrogens is 311 g/mol. The van der Waals surface area contributed by atoms with Crippen LogP contribution in [-0.2, 0) is 11.3 Å². The average molecular weight is 327 g/mol. The molecule has 0 bridgehead atoms. The topological polar surface area (TPSA) is 59.1 Å². The summed E-state index contributed by atoms with van der Waals surface area (Å²) >= 11 is 12.2. The van der Waals surface area contributed by atoms with Gasteiger partial charge in [-0.25, -0.2) is 9.97 Å². The highest BCUT2D eigenvalue weighted by atomic mass is 35.5. The third-order valence-electron chi connectivity index (χ3n) is 2.62. The summed E-state index contributed by atoms with van der Waals surface area (Å²) in [6.07, 6.45) is 0. The SMILES string of the molecule is CCNc1cc(Nc2cccc(Cl)c2Cl)nc(COC)n1. The molecule has 0 radical (unpaired) electrons. The van der Waals surface area contributed by atoms with Crippen LogP contribution in [0.1, 0.15) is 12.7 Å². The summed E-state index contributed by atoms with van der Waals surface area (Å²) in [4.78, 5) is 8.73. The van der Waals surface area contributed by atoms with Crippen molar-refractivity contribution >= 4 is 40.5 Å². The molecule has 0 fully saturated rings. The van der Waals surface area contributed by atoms with Crippen LogP contribution in [0.25, 0.3) is 0 Å². The standard InChI is InChI=1S/C14H16Cl2N4O/c1-3-17-11-7-12(20-13(19-11)8-21-2)18-10-6-4-5-9(15)14(10)16/h4-7H,3,8H2,1-2H3,(H2,17,18,19,20). The van der Waals surface area contributed by atoms with Gasteiger partial charge in [0.1, 0.15) is 18.2 Å². The summed E-state index contributed by atoms with van der Waals surface area (Å²) in [5, 5.41) is 7.24. The van der Waals surface area contributed by atoms with Gasteiger partial charge in [0, 0.05) is 19.7 Å². The third kappa shape index (κ3) is 4.20. The van der Waals surface area contributed by atoms with Crippen molar-refractivity contribution in [2.45, 2.75) is 13.5 Å². The van der Waals surface area contributed by atoms with Crippen molar-refractivity contribution in [3.05, 3.63) is 40.1 Å². The van der Waals surface area contributed by atoms with Crippen LogP contribution >= 0.6 is 23.2 Å². The van der Waals surface area contributed by atoms with Gasteiger partial charge < -0.3 is 15.4 Å². The highest BCUT2D eigenvalue weighted by Crippen LogP contribution is 2.31. The third-order valence-corrected chi connectivity index (χ3v) is 3.44. The number of hydrogen-bond acceptors (Lipinski definition) is 5. The number of hydrogen-bond donors (Lipinski definition) is 2. The smallest absolute Gasteiger partial charge is 0.158 e. The Hall–Kier alpha value is -1.56. The van der Waals surface area contributed by atoms with Crippen LogP contribution < -0.4 is 10.6 Å². The molecule has 0 atom stereocenters. The number of benzene rings is 1. The van der Waals surface area contributed by atoms with E-state index < -0.39 is 0 Å². The fourth-order valence-electron chi connectivity index (χ4n) is 1.76. The molecular formula is C14H16Cl2N4O. The Bertz CT molecular complexity index is 598. The predicted molar refractivity (Wildman–Crippen MR) is 86.7 cm³/mol. The molecule has 5 nitrogen and oxygen atoms in total. The minimum absolute atomic E-state index is 0.331. The molecule has 0 amide bonds. The van der Waals surface area contributed by atoms with E-state index in [1.807, 2.05) is 19.1 Å². The molecule has 1 aromatic carbocycles. The van der Waals surface area contributed by atoms with Crippen molar-refractivity contribution in [1.29, 1.82) is 0 Å². The number of anilines is 3. The lowest BCUT2D eigenvalue weighted by Gasteiger charge is -2.12. The highest BCUT2D eigenvalue weighted by Gasteiger charge is 2.08. The normalized spacial score (nSPS) is 10.5. The molecule has 0 aliphatic carbocycles.